The van der Waals surface area contributed by atoms with Crippen molar-refractivity contribution in [2.45, 2.75) is 65.2 Å². The molecule has 1 aromatic heterocycles. The van der Waals surface area contributed by atoms with Crippen LogP contribution in [-0.2, 0) is 12.8 Å². The van der Waals surface area contributed by atoms with Gasteiger partial charge in [-0.1, -0.05) is 45.1 Å². The summed E-state index contributed by atoms with van der Waals surface area (Å²) >= 11 is 1.74. The Morgan fingerprint density at radius 3 is 2.62 bits per heavy atom. The Balaban J connectivity index is 2.04. The fourth-order valence-electron chi connectivity index (χ4n) is 3.10. The summed E-state index contributed by atoms with van der Waals surface area (Å²) in [5.74, 6) is 0.949. The Morgan fingerprint density at radius 2 is 1.85 bits per heavy atom. The number of aromatic nitrogens is 1. The number of likely N-dealkylation sites (N-methyl/N-ethyl adjacent to an activating group) is 1. The van der Waals surface area contributed by atoms with Gasteiger partial charge in [0.15, 0.2) is 0 Å². The monoisotopic (exact) mass is 374 g/mol. The van der Waals surface area contributed by atoms with E-state index in [1.54, 1.807) is 11.3 Å². The molecule has 1 N–H and O–H groups in total. The highest BCUT2D eigenvalue weighted by atomic mass is 32.1. The Bertz CT molecular complexity index is 639. The van der Waals surface area contributed by atoms with Crippen LogP contribution in [0.1, 0.15) is 62.9 Å². The molecule has 0 aliphatic heterocycles. The smallest absolute Gasteiger partial charge is 0.128 e. The quantitative estimate of drug-likeness (QED) is 0.445. The highest BCUT2D eigenvalue weighted by Crippen LogP contribution is 2.32. The third-order valence-electron chi connectivity index (χ3n) is 4.58. The van der Waals surface area contributed by atoms with Crippen LogP contribution in [0.25, 0.3) is 11.3 Å². The Kier molecular flexibility index (Phi) is 9.72. The molecular formula is C22H34N2OS. The predicted octanol–water partition coefficient (Wildman–Crippen LogP) is 5.87. The van der Waals surface area contributed by atoms with E-state index in [2.05, 4.69) is 35.8 Å². The minimum Gasteiger partial charge on any atom is -0.493 e. The van der Waals surface area contributed by atoms with E-state index in [0.29, 0.717) is 6.61 Å². The SMILES string of the molecule is CCCCCCCCc1ccc(OCC)c(-c2csc(CCNC)n2)c1. The number of hydrogen-bond donors (Lipinski definition) is 1. The standard InChI is InChI=1S/C22H34N2OS/c1-4-6-7-8-9-10-11-18-12-13-21(25-5-2)19(16-18)20-17-26-22(24-20)14-15-23-3/h12-13,16-17,23H,4-11,14-15H2,1-3H3. The van der Waals surface area contributed by atoms with Gasteiger partial charge in [0.05, 0.1) is 17.3 Å². The first-order valence-electron chi connectivity index (χ1n) is 10.1. The predicted molar refractivity (Wildman–Crippen MR) is 113 cm³/mol. The number of rotatable bonds is 13. The summed E-state index contributed by atoms with van der Waals surface area (Å²) < 4.78 is 5.86. The maximum atomic E-state index is 5.86. The van der Waals surface area contributed by atoms with Gasteiger partial charge in [-0.05, 0) is 44.5 Å². The van der Waals surface area contributed by atoms with E-state index in [-0.39, 0.29) is 0 Å². The van der Waals surface area contributed by atoms with Crippen molar-refractivity contribution in [2.24, 2.45) is 0 Å². The minimum absolute atomic E-state index is 0.681. The molecule has 2 rings (SSSR count). The van der Waals surface area contributed by atoms with E-state index in [1.807, 2.05) is 14.0 Å². The fraction of sp³-hybridized carbons (Fsp3) is 0.591. The molecule has 0 radical (unpaired) electrons. The van der Waals surface area contributed by atoms with Crippen LogP contribution in [-0.4, -0.2) is 25.2 Å². The van der Waals surface area contributed by atoms with Crippen molar-refractivity contribution in [1.82, 2.24) is 10.3 Å². The van der Waals surface area contributed by atoms with Crippen LogP contribution < -0.4 is 10.1 Å². The van der Waals surface area contributed by atoms with E-state index < -0.39 is 0 Å². The zero-order valence-corrected chi connectivity index (χ0v) is 17.5. The molecule has 0 bridgehead atoms. The molecule has 3 nitrogen and oxygen atoms in total. The summed E-state index contributed by atoms with van der Waals surface area (Å²) in [5, 5.41) is 6.53. The largest absolute Gasteiger partial charge is 0.493 e. The van der Waals surface area contributed by atoms with Crippen molar-refractivity contribution >= 4 is 11.3 Å². The van der Waals surface area contributed by atoms with E-state index in [0.717, 1.165) is 36.4 Å². The maximum Gasteiger partial charge on any atom is 0.128 e. The minimum atomic E-state index is 0.681. The molecule has 4 heteroatoms. The molecule has 0 unspecified atom stereocenters. The van der Waals surface area contributed by atoms with Gasteiger partial charge in [0.2, 0.25) is 0 Å². The molecule has 0 atom stereocenters. The number of benzene rings is 1. The lowest BCUT2D eigenvalue weighted by Gasteiger charge is -2.11. The van der Waals surface area contributed by atoms with Crippen LogP contribution in [0.15, 0.2) is 23.6 Å². The van der Waals surface area contributed by atoms with Gasteiger partial charge in [-0.15, -0.1) is 11.3 Å². The average molecular weight is 375 g/mol. The van der Waals surface area contributed by atoms with Gasteiger partial charge in [-0.2, -0.15) is 0 Å². The van der Waals surface area contributed by atoms with Crippen LogP contribution in [0.5, 0.6) is 5.75 Å². The number of unbranched alkanes of at least 4 members (excludes halogenated alkanes) is 5. The summed E-state index contributed by atoms with van der Waals surface area (Å²) in [6.07, 6.45) is 10.1. The fourth-order valence-corrected chi connectivity index (χ4v) is 3.90. The van der Waals surface area contributed by atoms with Gasteiger partial charge >= 0.3 is 0 Å². The zero-order valence-electron chi connectivity index (χ0n) is 16.6. The van der Waals surface area contributed by atoms with Crippen molar-refractivity contribution in [3.63, 3.8) is 0 Å². The number of ether oxygens (including phenoxy) is 1. The van der Waals surface area contributed by atoms with Crippen molar-refractivity contribution in [3.05, 3.63) is 34.2 Å². The Hall–Kier alpha value is -1.39. The first-order valence-corrected chi connectivity index (χ1v) is 11.0. The van der Waals surface area contributed by atoms with Gasteiger partial charge in [0.1, 0.15) is 5.75 Å². The van der Waals surface area contributed by atoms with Crippen LogP contribution in [0, 0.1) is 0 Å². The second kappa shape index (κ2) is 12.1. The number of nitrogens with zero attached hydrogens (tertiary/aromatic N) is 1. The van der Waals surface area contributed by atoms with Crippen molar-refractivity contribution in [2.75, 3.05) is 20.2 Å². The lowest BCUT2D eigenvalue weighted by molar-refractivity contribution is 0.341. The molecule has 1 heterocycles. The first kappa shape index (κ1) is 20.9. The molecule has 26 heavy (non-hydrogen) atoms. The van der Waals surface area contributed by atoms with Crippen molar-refractivity contribution in [3.8, 4) is 17.0 Å². The van der Waals surface area contributed by atoms with Crippen LogP contribution in [0.4, 0.5) is 0 Å². The molecule has 0 fully saturated rings. The molecule has 144 valence electrons. The second-order valence-electron chi connectivity index (χ2n) is 6.76. The summed E-state index contributed by atoms with van der Waals surface area (Å²) in [6.45, 7) is 5.95. The third-order valence-corrected chi connectivity index (χ3v) is 5.49. The molecule has 2 aromatic rings. The molecular weight excluding hydrogens is 340 g/mol. The van der Waals surface area contributed by atoms with Gasteiger partial charge in [0.25, 0.3) is 0 Å². The van der Waals surface area contributed by atoms with E-state index in [4.69, 9.17) is 9.72 Å². The highest BCUT2D eigenvalue weighted by molar-refractivity contribution is 7.09. The van der Waals surface area contributed by atoms with Crippen LogP contribution in [0.2, 0.25) is 0 Å². The summed E-state index contributed by atoms with van der Waals surface area (Å²) in [7, 11) is 1.98. The van der Waals surface area contributed by atoms with Gasteiger partial charge in [0, 0.05) is 23.9 Å². The van der Waals surface area contributed by atoms with Crippen molar-refractivity contribution in [1.29, 1.82) is 0 Å². The lowest BCUT2D eigenvalue weighted by atomic mass is 10.0. The third kappa shape index (κ3) is 6.73. The summed E-state index contributed by atoms with van der Waals surface area (Å²) in [4.78, 5) is 4.83. The van der Waals surface area contributed by atoms with Gasteiger partial charge in [-0.3, -0.25) is 0 Å². The Morgan fingerprint density at radius 1 is 1.04 bits per heavy atom. The Labute approximate surface area is 163 Å². The summed E-state index contributed by atoms with van der Waals surface area (Å²) in [6, 6.07) is 6.63. The lowest BCUT2D eigenvalue weighted by Crippen LogP contribution is -2.09. The first-order chi connectivity index (χ1) is 12.8. The van der Waals surface area contributed by atoms with Crippen molar-refractivity contribution < 1.29 is 4.74 Å². The average Bonchev–Trinajstić information content (AvgIpc) is 3.13. The molecule has 0 aliphatic rings. The van der Waals surface area contributed by atoms with Crippen LogP contribution in [0.3, 0.4) is 0 Å². The molecule has 0 spiro atoms. The second-order valence-corrected chi connectivity index (χ2v) is 7.70. The number of nitrogens with one attached hydrogen (secondary N) is 1. The molecule has 0 aliphatic carbocycles. The molecule has 0 amide bonds. The highest BCUT2D eigenvalue weighted by Gasteiger charge is 2.11. The van der Waals surface area contributed by atoms with E-state index >= 15 is 0 Å². The van der Waals surface area contributed by atoms with Gasteiger partial charge in [-0.25, -0.2) is 4.98 Å². The number of aryl methyl sites for hydroxylation is 1. The van der Waals surface area contributed by atoms with Crippen LogP contribution >= 0.6 is 11.3 Å². The number of hydrogen-bond acceptors (Lipinski definition) is 4. The topological polar surface area (TPSA) is 34.1 Å². The van der Waals surface area contributed by atoms with Gasteiger partial charge < -0.3 is 10.1 Å². The van der Waals surface area contributed by atoms with E-state index in [9.17, 15) is 0 Å². The number of thiazole rings is 1. The summed E-state index contributed by atoms with van der Waals surface area (Å²) in [5.41, 5.74) is 3.58. The zero-order chi connectivity index (χ0) is 18.6. The molecule has 0 saturated heterocycles. The van der Waals surface area contributed by atoms with E-state index in [1.165, 1.54) is 49.1 Å². The maximum absolute atomic E-state index is 5.86. The molecule has 0 saturated carbocycles. The molecule has 1 aromatic carbocycles. The normalized spacial score (nSPS) is 11.0.